The Labute approximate surface area is 318 Å². The highest BCUT2D eigenvalue weighted by Gasteiger charge is 2.19. The molecule has 11 aromatic rings. The highest BCUT2D eigenvalue weighted by atomic mass is 16.5. The van der Waals surface area contributed by atoms with E-state index in [0.29, 0.717) is 6.61 Å². The van der Waals surface area contributed by atoms with Gasteiger partial charge in [0.15, 0.2) is 0 Å². The minimum atomic E-state index is 0.484. The average Bonchev–Trinajstić information content (AvgIpc) is 3.88. The summed E-state index contributed by atoms with van der Waals surface area (Å²) < 4.78 is 13.6. The van der Waals surface area contributed by atoms with Gasteiger partial charge in [-0.05, 0) is 83.9 Å². The molecule has 0 aliphatic rings. The van der Waals surface area contributed by atoms with E-state index in [0.717, 1.165) is 45.0 Å². The van der Waals surface area contributed by atoms with E-state index in [1.165, 1.54) is 54.4 Å². The van der Waals surface area contributed by atoms with Gasteiger partial charge >= 0.3 is 0 Å². The zero-order valence-corrected chi connectivity index (χ0v) is 30.1. The monoisotopic (exact) mass is 705 g/mol. The minimum absolute atomic E-state index is 0.484. The lowest BCUT2D eigenvalue weighted by atomic mass is 10.1. The first-order valence-electron chi connectivity index (χ1n) is 18.7. The van der Waals surface area contributed by atoms with E-state index in [9.17, 15) is 0 Å². The van der Waals surface area contributed by atoms with Crippen molar-refractivity contribution in [3.63, 3.8) is 0 Å². The van der Waals surface area contributed by atoms with E-state index < -0.39 is 0 Å². The molecular weight excluding hydrogens is 671 g/mol. The van der Waals surface area contributed by atoms with Gasteiger partial charge in [0.1, 0.15) is 12.4 Å². The molecule has 3 heterocycles. The molecular formula is C51H35N3O. The SMILES string of the molecule is C=Cc1ccc(COc2cccc(-n3c4ccc(-n5c6ccccc6c6ccccc65)cc4c4cc(-n5c6ccccc6c6ccccc65)ccc43)c2)cc1. The molecule has 0 spiro atoms. The van der Waals surface area contributed by atoms with Crippen molar-refractivity contribution in [1.82, 2.24) is 13.7 Å². The van der Waals surface area contributed by atoms with Gasteiger partial charge in [-0.1, -0.05) is 116 Å². The number of para-hydroxylation sites is 4. The fraction of sp³-hybridized carbons (Fsp3) is 0.0196. The quantitative estimate of drug-likeness (QED) is 0.162. The highest BCUT2D eigenvalue weighted by molar-refractivity contribution is 6.14. The summed E-state index contributed by atoms with van der Waals surface area (Å²) in [7, 11) is 0. The molecule has 0 amide bonds. The maximum atomic E-state index is 6.38. The lowest BCUT2D eigenvalue weighted by Gasteiger charge is -2.12. The van der Waals surface area contributed by atoms with Crippen molar-refractivity contribution in [3.05, 3.63) is 200 Å². The van der Waals surface area contributed by atoms with Crippen molar-refractivity contribution in [1.29, 1.82) is 0 Å². The van der Waals surface area contributed by atoms with Gasteiger partial charge in [0, 0.05) is 55.4 Å². The van der Waals surface area contributed by atoms with Crippen LogP contribution in [0.15, 0.2) is 189 Å². The first-order valence-corrected chi connectivity index (χ1v) is 18.7. The average molecular weight is 706 g/mol. The first-order chi connectivity index (χ1) is 27.2. The summed E-state index contributed by atoms with van der Waals surface area (Å²) in [6.45, 7) is 4.36. The van der Waals surface area contributed by atoms with Crippen LogP contribution in [-0.2, 0) is 6.61 Å². The summed E-state index contributed by atoms with van der Waals surface area (Å²) in [4.78, 5) is 0. The lowest BCUT2D eigenvalue weighted by Crippen LogP contribution is -1.99. The van der Waals surface area contributed by atoms with Gasteiger partial charge in [0.2, 0.25) is 0 Å². The van der Waals surface area contributed by atoms with E-state index in [-0.39, 0.29) is 0 Å². The summed E-state index contributed by atoms with van der Waals surface area (Å²) >= 11 is 0. The molecule has 0 bridgehead atoms. The number of ether oxygens (including phenoxy) is 1. The predicted octanol–water partition coefficient (Wildman–Crippen LogP) is 13.2. The molecule has 260 valence electrons. The van der Waals surface area contributed by atoms with E-state index >= 15 is 0 Å². The Morgan fingerprint density at radius 3 is 1.25 bits per heavy atom. The molecule has 0 saturated heterocycles. The molecule has 0 atom stereocenters. The van der Waals surface area contributed by atoms with E-state index in [1.54, 1.807) is 0 Å². The fourth-order valence-electron chi connectivity index (χ4n) is 8.59. The Balaban J connectivity index is 1.13. The lowest BCUT2D eigenvalue weighted by molar-refractivity contribution is 0.306. The Kier molecular flexibility index (Phi) is 7.04. The molecule has 3 aromatic heterocycles. The third-order valence-electron chi connectivity index (χ3n) is 11.1. The number of aromatic nitrogens is 3. The summed E-state index contributed by atoms with van der Waals surface area (Å²) in [6, 6.07) is 65.4. The number of benzene rings is 8. The van der Waals surface area contributed by atoms with Gasteiger partial charge < -0.3 is 18.4 Å². The van der Waals surface area contributed by atoms with Crippen molar-refractivity contribution in [2.45, 2.75) is 6.61 Å². The van der Waals surface area contributed by atoms with E-state index in [2.05, 4.69) is 196 Å². The zero-order chi connectivity index (χ0) is 36.5. The molecule has 0 radical (unpaired) electrons. The predicted molar refractivity (Wildman–Crippen MR) is 230 cm³/mol. The number of hydrogen-bond donors (Lipinski definition) is 0. The largest absolute Gasteiger partial charge is 0.489 e. The third kappa shape index (κ3) is 4.92. The van der Waals surface area contributed by atoms with Gasteiger partial charge in [-0.15, -0.1) is 0 Å². The van der Waals surface area contributed by atoms with Gasteiger partial charge in [-0.3, -0.25) is 0 Å². The third-order valence-corrected chi connectivity index (χ3v) is 11.1. The van der Waals surface area contributed by atoms with Crippen LogP contribution >= 0.6 is 0 Å². The standard InChI is InChI=1S/C51H35N3O/c1-2-34-22-24-35(25-23-34)33-55-39-13-11-12-36(30-39)52-50-28-26-37(53-46-18-7-3-14-40(46)41-15-4-8-19-47(41)53)31-44(50)45-32-38(27-29-51(45)52)54-48-20-9-5-16-42(48)43-17-6-10-21-49(43)54/h2-32H,1,33H2. The molecule has 55 heavy (non-hydrogen) atoms. The van der Waals surface area contributed by atoms with Gasteiger partial charge in [0.25, 0.3) is 0 Å². The Bertz CT molecular complexity index is 3010. The second kappa shape index (κ2) is 12.4. The maximum Gasteiger partial charge on any atom is 0.121 e. The number of hydrogen-bond acceptors (Lipinski definition) is 1. The molecule has 0 fully saturated rings. The van der Waals surface area contributed by atoms with Gasteiger partial charge in [0.05, 0.1) is 33.1 Å². The van der Waals surface area contributed by atoms with Gasteiger partial charge in [-0.25, -0.2) is 0 Å². The zero-order valence-electron chi connectivity index (χ0n) is 30.1. The smallest absolute Gasteiger partial charge is 0.121 e. The normalized spacial score (nSPS) is 11.8. The van der Waals surface area contributed by atoms with Crippen LogP contribution in [0.5, 0.6) is 5.75 Å². The van der Waals surface area contributed by atoms with Crippen LogP contribution in [0.1, 0.15) is 11.1 Å². The van der Waals surface area contributed by atoms with Crippen LogP contribution in [0, 0.1) is 0 Å². The summed E-state index contributed by atoms with van der Waals surface area (Å²) in [5, 5.41) is 7.38. The topological polar surface area (TPSA) is 24.0 Å². The van der Waals surface area contributed by atoms with Crippen molar-refractivity contribution in [2.75, 3.05) is 0 Å². The van der Waals surface area contributed by atoms with E-state index in [4.69, 9.17) is 4.74 Å². The van der Waals surface area contributed by atoms with Gasteiger partial charge in [-0.2, -0.15) is 0 Å². The summed E-state index contributed by atoms with van der Waals surface area (Å²) in [5.41, 5.74) is 12.6. The fourth-order valence-corrected chi connectivity index (χ4v) is 8.59. The molecule has 8 aromatic carbocycles. The molecule has 0 saturated carbocycles. The highest BCUT2D eigenvalue weighted by Crippen LogP contribution is 2.39. The molecule has 4 nitrogen and oxygen atoms in total. The van der Waals surface area contributed by atoms with Crippen molar-refractivity contribution >= 4 is 71.5 Å². The summed E-state index contributed by atoms with van der Waals surface area (Å²) in [5.74, 6) is 0.823. The van der Waals surface area contributed by atoms with Crippen LogP contribution in [0.4, 0.5) is 0 Å². The molecule has 0 unspecified atom stereocenters. The van der Waals surface area contributed by atoms with Crippen LogP contribution in [0.25, 0.3) is 88.6 Å². The van der Waals surface area contributed by atoms with E-state index in [1.807, 2.05) is 12.1 Å². The number of fused-ring (bicyclic) bond motifs is 9. The molecule has 0 aliphatic heterocycles. The van der Waals surface area contributed by atoms with Crippen molar-refractivity contribution in [2.24, 2.45) is 0 Å². The Morgan fingerprint density at radius 2 is 0.800 bits per heavy atom. The van der Waals surface area contributed by atoms with Crippen LogP contribution in [0.3, 0.4) is 0 Å². The number of rotatable bonds is 7. The second-order valence-electron chi connectivity index (χ2n) is 14.2. The summed E-state index contributed by atoms with van der Waals surface area (Å²) in [6.07, 6.45) is 1.86. The Morgan fingerprint density at radius 1 is 0.382 bits per heavy atom. The maximum absolute atomic E-state index is 6.38. The van der Waals surface area contributed by atoms with Crippen LogP contribution in [-0.4, -0.2) is 13.7 Å². The van der Waals surface area contributed by atoms with Crippen molar-refractivity contribution < 1.29 is 4.74 Å². The first kappa shape index (κ1) is 31.2. The molecule has 0 aliphatic carbocycles. The second-order valence-corrected chi connectivity index (χ2v) is 14.2. The van der Waals surface area contributed by atoms with Crippen LogP contribution in [0.2, 0.25) is 0 Å². The molecule has 4 heteroatoms. The number of nitrogens with zero attached hydrogens (tertiary/aromatic N) is 3. The molecule has 11 rings (SSSR count). The van der Waals surface area contributed by atoms with Crippen molar-refractivity contribution in [3.8, 4) is 22.8 Å². The Hall–Kier alpha value is -7.30. The molecule has 0 N–H and O–H groups in total. The minimum Gasteiger partial charge on any atom is -0.489 e. The van der Waals surface area contributed by atoms with Crippen LogP contribution < -0.4 is 4.74 Å².